The highest BCUT2D eigenvalue weighted by molar-refractivity contribution is 5.18. The molecule has 3 rings (SSSR count). The number of hydrogen-bond donors (Lipinski definition) is 1. The smallest absolute Gasteiger partial charge is 0.0464 e. The minimum Gasteiger partial charge on any atom is -0.309 e. The lowest BCUT2D eigenvalue weighted by molar-refractivity contribution is -0.0187. The molecule has 2 nitrogen and oxygen atoms in total. The summed E-state index contributed by atoms with van der Waals surface area (Å²) in [5.74, 6) is 0. The van der Waals surface area contributed by atoms with Crippen LogP contribution >= 0.6 is 0 Å². The Morgan fingerprint density at radius 2 is 2.19 bits per heavy atom. The summed E-state index contributed by atoms with van der Waals surface area (Å²) < 4.78 is 0. The first kappa shape index (κ1) is 10.3. The van der Waals surface area contributed by atoms with Gasteiger partial charge in [-0.3, -0.25) is 4.90 Å². The normalized spacial score (nSPS) is 34.2. The van der Waals surface area contributed by atoms with E-state index in [4.69, 9.17) is 0 Å². The molecule has 0 saturated carbocycles. The molecule has 2 fully saturated rings. The Morgan fingerprint density at radius 1 is 1.38 bits per heavy atom. The van der Waals surface area contributed by atoms with Gasteiger partial charge in [-0.25, -0.2) is 0 Å². The molecule has 2 aliphatic heterocycles. The Hall–Kier alpha value is -0.860. The predicted molar refractivity (Wildman–Crippen MR) is 66.3 cm³/mol. The SMILES string of the molecule is CC1N(Cc2ccccc2)CC12CCCN2. The molecule has 1 spiro atoms. The fourth-order valence-corrected chi connectivity index (χ4v) is 3.20. The molecule has 0 bridgehead atoms. The van der Waals surface area contributed by atoms with Gasteiger partial charge in [0.25, 0.3) is 0 Å². The monoisotopic (exact) mass is 216 g/mol. The standard InChI is InChI=1S/C14H20N2/c1-12-14(8-5-9-15-14)11-16(12)10-13-6-3-2-4-7-13/h2-4,6-7,12,15H,5,8-11H2,1H3. The van der Waals surface area contributed by atoms with E-state index >= 15 is 0 Å². The zero-order valence-electron chi connectivity index (χ0n) is 9.95. The molecule has 2 heteroatoms. The van der Waals surface area contributed by atoms with Crippen molar-refractivity contribution in [2.45, 2.75) is 37.9 Å². The van der Waals surface area contributed by atoms with Crippen LogP contribution < -0.4 is 5.32 Å². The second kappa shape index (κ2) is 3.86. The summed E-state index contributed by atoms with van der Waals surface area (Å²) in [6, 6.07) is 11.5. The highest BCUT2D eigenvalue weighted by atomic mass is 15.3. The van der Waals surface area contributed by atoms with Gasteiger partial charge in [-0.1, -0.05) is 30.3 Å². The van der Waals surface area contributed by atoms with Crippen molar-refractivity contribution < 1.29 is 0 Å². The van der Waals surface area contributed by atoms with E-state index in [0.29, 0.717) is 11.6 Å². The average molecular weight is 216 g/mol. The van der Waals surface area contributed by atoms with Gasteiger partial charge in [0.1, 0.15) is 0 Å². The van der Waals surface area contributed by atoms with Crippen molar-refractivity contribution >= 4 is 0 Å². The van der Waals surface area contributed by atoms with Crippen molar-refractivity contribution in [3.8, 4) is 0 Å². The Bertz CT molecular complexity index is 354. The fourth-order valence-electron chi connectivity index (χ4n) is 3.20. The highest BCUT2D eigenvalue weighted by Gasteiger charge is 2.50. The maximum Gasteiger partial charge on any atom is 0.0464 e. The molecule has 1 aromatic carbocycles. The molecule has 0 radical (unpaired) electrons. The Kier molecular flexibility index (Phi) is 2.49. The fraction of sp³-hybridized carbons (Fsp3) is 0.571. The van der Waals surface area contributed by atoms with Gasteiger partial charge in [-0.2, -0.15) is 0 Å². The quantitative estimate of drug-likeness (QED) is 0.813. The van der Waals surface area contributed by atoms with Crippen LogP contribution in [0.1, 0.15) is 25.3 Å². The molecule has 2 unspecified atom stereocenters. The van der Waals surface area contributed by atoms with Crippen LogP contribution in [0.5, 0.6) is 0 Å². The van der Waals surface area contributed by atoms with Crippen LogP contribution in [0.15, 0.2) is 30.3 Å². The van der Waals surface area contributed by atoms with Gasteiger partial charge >= 0.3 is 0 Å². The van der Waals surface area contributed by atoms with Crippen LogP contribution in [0.3, 0.4) is 0 Å². The lowest BCUT2D eigenvalue weighted by Crippen LogP contribution is -2.72. The number of nitrogens with one attached hydrogen (secondary N) is 1. The Morgan fingerprint density at radius 3 is 2.81 bits per heavy atom. The molecule has 1 N–H and O–H groups in total. The summed E-state index contributed by atoms with van der Waals surface area (Å²) in [7, 11) is 0. The number of benzene rings is 1. The lowest BCUT2D eigenvalue weighted by Gasteiger charge is -2.55. The summed E-state index contributed by atoms with van der Waals surface area (Å²) in [5.41, 5.74) is 1.89. The zero-order chi connectivity index (χ0) is 11.0. The highest BCUT2D eigenvalue weighted by Crippen LogP contribution is 2.37. The first-order chi connectivity index (χ1) is 7.80. The van der Waals surface area contributed by atoms with E-state index in [-0.39, 0.29) is 0 Å². The largest absolute Gasteiger partial charge is 0.309 e. The van der Waals surface area contributed by atoms with Gasteiger partial charge in [-0.05, 0) is 31.9 Å². The number of likely N-dealkylation sites (tertiary alicyclic amines) is 1. The average Bonchev–Trinajstić information content (AvgIpc) is 2.81. The van der Waals surface area contributed by atoms with Crippen molar-refractivity contribution in [1.29, 1.82) is 0 Å². The third-order valence-electron chi connectivity index (χ3n) is 4.34. The summed E-state index contributed by atoms with van der Waals surface area (Å²) in [5, 5.41) is 3.69. The molecule has 2 heterocycles. The number of hydrogen-bond acceptors (Lipinski definition) is 2. The van der Waals surface area contributed by atoms with Crippen molar-refractivity contribution in [2.24, 2.45) is 0 Å². The molecular formula is C14H20N2. The summed E-state index contributed by atoms with van der Waals surface area (Å²) in [6.07, 6.45) is 2.71. The Labute approximate surface area is 97.6 Å². The molecule has 2 aliphatic rings. The zero-order valence-corrected chi connectivity index (χ0v) is 9.95. The van der Waals surface area contributed by atoms with Gasteiger partial charge in [-0.15, -0.1) is 0 Å². The third kappa shape index (κ3) is 1.57. The van der Waals surface area contributed by atoms with Gasteiger partial charge in [0, 0.05) is 24.7 Å². The van der Waals surface area contributed by atoms with E-state index in [9.17, 15) is 0 Å². The van der Waals surface area contributed by atoms with E-state index in [2.05, 4.69) is 47.5 Å². The van der Waals surface area contributed by atoms with Crippen LogP contribution in [-0.4, -0.2) is 29.6 Å². The van der Waals surface area contributed by atoms with Crippen LogP contribution in [0.25, 0.3) is 0 Å². The first-order valence-corrected chi connectivity index (χ1v) is 6.33. The molecule has 16 heavy (non-hydrogen) atoms. The number of nitrogens with zero attached hydrogens (tertiary/aromatic N) is 1. The van der Waals surface area contributed by atoms with E-state index < -0.39 is 0 Å². The van der Waals surface area contributed by atoms with Crippen LogP contribution in [-0.2, 0) is 6.54 Å². The van der Waals surface area contributed by atoms with Crippen LogP contribution in [0, 0.1) is 0 Å². The molecule has 1 aromatic rings. The van der Waals surface area contributed by atoms with Gasteiger partial charge in [0.2, 0.25) is 0 Å². The molecule has 2 saturated heterocycles. The van der Waals surface area contributed by atoms with Crippen molar-refractivity contribution in [2.75, 3.05) is 13.1 Å². The molecule has 2 atom stereocenters. The van der Waals surface area contributed by atoms with Crippen LogP contribution in [0.4, 0.5) is 0 Å². The lowest BCUT2D eigenvalue weighted by atomic mass is 9.79. The van der Waals surface area contributed by atoms with Gasteiger partial charge in [0.15, 0.2) is 0 Å². The van der Waals surface area contributed by atoms with E-state index in [0.717, 1.165) is 6.54 Å². The molecule has 86 valence electrons. The minimum atomic E-state index is 0.453. The van der Waals surface area contributed by atoms with Crippen LogP contribution in [0.2, 0.25) is 0 Å². The molecule has 0 aliphatic carbocycles. The molecular weight excluding hydrogens is 196 g/mol. The summed E-state index contributed by atoms with van der Waals surface area (Å²) >= 11 is 0. The first-order valence-electron chi connectivity index (χ1n) is 6.33. The van der Waals surface area contributed by atoms with Crippen molar-refractivity contribution in [1.82, 2.24) is 10.2 Å². The second-order valence-electron chi connectivity index (χ2n) is 5.25. The van der Waals surface area contributed by atoms with E-state index in [1.54, 1.807) is 0 Å². The van der Waals surface area contributed by atoms with Gasteiger partial charge in [0.05, 0.1) is 0 Å². The third-order valence-corrected chi connectivity index (χ3v) is 4.34. The summed E-state index contributed by atoms with van der Waals surface area (Å²) in [6.45, 7) is 5.91. The number of rotatable bonds is 2. The van der Waals surface area contributed by atoms with E-state index in [1.807, 2.05) is 0 Å². The second-order valence-corrected chi connectivity index (χ2v) is 5.25. The Balaban J connectivity index is 1.63. The molecule has 0 aromatic heterocycles. The van der Waals surface area contributed by atoms with Crippen molar-refractivity contribution in [3.63, 3.8) is 0 Å². The van der Waals surface area contributed by atoms with Crippen molar-refractivity contribution in [3.05, 3.63) is 35.9 Å². The predicted octanol–water partition coefficient (Wildman–Crippen LogP) is 2.01. The topological polar surface area (TPSA) is 15.3 Å². The summed E-state index contributed by atoms with van der Waals surface area (Å²) in [4.78, 5) is 2.58. The van der Waals surface area contributed by atoms with Gasteiger partial charge < -0.3 is 5.32 Å². The maximum atomic E-state index is 3.69. The maximum absolute atomic E-state index is 3.69. The van der Waals surface area contributed by atoms with E-state index in [1.165, 1.54) is 31.5 Å². The molecule has 0 amide bonds. The minimum absolute atomic E-state index is 0.453.